The molecule has 2 atom stereocenters. The lowest BCUT2D eigenvalue weighted by atomic mass is 9.90. The van der Waals surface area contributed by atoms with Crippen molar-refractivity contribution in [2.45, 2.75) is 64.1 Å². The summed E-state index contributed by atoms with van der Waals surface area (Å²) in [5.74, 6) is 0.914. The number of amides is 2. The van der Waals surface area contributed by atoms with Gasteiger partial charge in [-0.15, -0.1) is 0 Å². The first kappa shape index (κ1) is 25.6. The minimum atomic E-state index is -0.779. The Morgan fingerprint density at radius 3 is 2.68 bits per heavy atom. The van der Waals surface area contributed by atoms with E-state index in [-0.39, 0.29) is 24.3 Å². The molecule has 7 heteroatoms. The third-order valence-electron chi connectivity index (χ3n) is 7.89. The Kier molecular flexibility index (Phi) is 7.17. The second-order valence-electron chi connectivity index (χ2n) is 10.1. The van der Waals surface area contributed by atoms with Gasteiger partial charge in [0.1, 0.15) is 23.1 Å². The zero-order valence-electron chi connectivity index (χ0n) is 21.6. The van der Waals surface area contributed by atoms with E-state index in [1.807, 2.05) is 62.4 Å². The van der Waals surface area contributed by atoms with E-state index in [2.05, 4.69) is 27.3 Å². The fourth-order valence-corrected chi connectivity index (χ4v) is 5.97. The average Bonchev–Trinajstić information content (AvgIpc) is 3.35. The number of fused-ring (bicyclic) bond motifs is 2. The van der Waals surface area contributed by atoms with Gasteiger partial charge >= 0.3 is 0 Å². The van der Waals surface area contributed by atoms with Crippen molar-refractivity contribution in [2.75, 3.05) is 12.0 Å². The fourth-order valence-electron chi connectivity index (χ4n) is 5.59. The summed E-state index contributed by atoms with van der Waals surface area (Å²) in [6, 6.07) is 17.0. The number of nitrogens with one attached hydrogen (secondary N) is 1. The molecule has 0 saturated heterocycles. The lowest BCUT2D eigenvalue weighted by molar-refractivity contribution is -0.134. The molecule has 0 bridgehead atoms. The van der Waals surface area contributed by atoms with E-state index in [0.29, 0.717) is 23.6 Å². The summed E-state index contributed by atoms with van der Waals surface area (Å²) in [6.45, 7) is 4.16. The number of rotatable bonds is 6. The number of methoxy groups -OCH3 is 1. The number of carbonyl (C=O) groups is 2. The summed E-state index contributed by atoms with van der Waals surface area (Å²) in [7, 11) is 1.65. The van der Waals surface area contributed by atoms with Gasteiger partial charge in [-0.3, -0.25) is 9.59 Å². The van der Waals surface area contributed by atoms with Crippen molar-refractivity contribution < 1.29 is 19.1 Å². The summed E-state index contributed by atoms with van der Waals surface area (Å²) >= 11 is 3.56. The van der Waals surface area contributed by atoms with Crippen molar-refractivity contribution in [3.63, 3.8) is 0 Å². The first-order chi connectivity index (χ1) is 17.9. The van der Waals surface area contributed by atoms with Crippen molar-refractivity contribution in [1.82, 2.24) is 5.32 Å². The molecule has 1 fully saturated rings. The first-order valence-electron chi connectivity index (χ1n) is 13.0. The molecule has 1 N–H and O–H groups in total. The van der Waals surface area contributed by atoms with E-state index in [1.165, 1.54) is 0 Å². The molecule has 1 spiro atoms. The Labute approximate surface area is 226 Å². The van der Waals surface area contributed by atoms with Crippen LogP contribution < -0.4 is 19.7 Å². The van der Waals surface area contributed by atoms with E-state index < -0.39 is 11.6 Å². The first-order valence-corrected chi connectivity index (χ1v) is 13.8. The molecule has 2 aliphatic rings. The maximum absolute atomic E-state index is 14.5. The van der Waals surface area contributed by atoms with Gasteiger partial charge < -0.3 is 19.7 Å². The van der Waals surface area contributed by atoms with Crippen molar-refractivity contribution in [1.29, 1.82) is 0 Å². The van der Waals surface area contributed by atoms with Crippen LogP contribution in [-0.4, -0.2) is 30.6 Å². The predicted octanol–water partition coefficient (Wildman–Crippen LogP) is 6.38. The van der Waals surface area contributed by atoms with Gasteiger partial charge in [0, 0.05) is 16.0 Å². The molecule has 6 nitrogen and oxygen atoms in total. The third-order valence-corrected chi connectivity index (χ3v) is 8.38. The van der Waals surface area contributed by atoms with Gasteiger partial charge in [0.15, 0.2) is 0 Å². The predicted molar refractivity (Wildman–Crippen MR) is 149 cm³/mol. The van der Waals surface area contributed by atoms with Gasteiger partial charge in [0.25, 0.3) is 5.91 Å². The lowest BCUT2D eigenvalue weighted by Crippen LogP contribution is -2.61. The SMILES string of the molecule is CC[C@@H](C)C(=O)N[C@@H]1C(=O)N(Cc2c(OC)ccc3cc(Br)ccc23)c2ccccc2OC12CCCC2. The number of nitrogens with zero attached hydrogens (tertiary/aromatic N) is 1. The molecule has 0 radical (unpaired) electrons. The van der Waals surface area contributed by atoms with Crippen molar-refractivity contribution >= 4 is 44.2 Å². The highest BCUT2D eigenvalue weighted by atomic mass is 79.9. The second kappa shape index (κ2) is 10.4. The number of para-hydroxylation sites is 2. The monoisotopic (exact) mass is 564 g/mol. The molecule has 3 aromatic rings. The van der Waals surface area contributed by atoms with Gasteiger partial charge in [0.05, 0.1) is 19.3 Å². The van der Waals surface area contributed by atoms with Crippen LogP contribution in [0.1, 0.15) is 51.5 Å². The zero-order chi connectivity index (χ0) is 26.2. The number of hydrogen-bond acceptors (Lipinski definition) is 4. The topological polar surface area (TPSA) is 67.9 Å². The van der Waals surface area contributed by atoms with Crippen LogP contribution in [-0.2, 0) is 16.1 Å². The van der Waals surface area contributed by atoms with E-state index in [1.54, 1.807) is 12.0 Å². The summed E-state index contributed by atoms with van der Waals surface area (Å²) in [4.78, 5) is 29.4. The standard InChI is InChI=1S/C30H33BrN2O4/c1-4-19(2)28(34)32-27-29(35)33(24-9-5-6-10-26(24)37-30(27)15-7-8-16-30)18-23-22-13-12-21(31)17-20(22)11-14-25(23)36-3/h5-6,9-14,17,19,27H,4,7-8,15-16,18H2,1-3H3,(H,32,34)/t19-,27-/m1/s1. The van der Waals surface area contributed by atoms with E-state index in [9.17, 15) is 9.59 Å². The van der Waals surface area contributed by atoms with Crippen molar-refractivity contribution in [2.24, 2.45) is 5.92 Å². The summed E-state index contributed by atoms with van der Waals surface area (Å²) in [5.41, 5.74) is 0.846. The number of hydrogen-bond donors (Lipinski definition) is 1. The van der Waals surface area contributed by atoms with Crippen LogP contribution in [0.25, 0.3) is 10.8 Å². The highest BCUT2D eigenvalue weighted by Crippen LogP contribution is 2.45. The van der Waals surface area contributed by atoms with Crippen LogP contribution in [0.3, 0.4) is 0 Å². The molecule has 0 aromatic heterocycles. The third kappa shape index (κ3) is 4.70. The summed E-state index contributed by atoms with van der Waals surface area (Å²) in [5, 5.41) is 5.18. The number of ether oxygens (including phenoxy) is 2. The molecule has 5 rings (SSSR count). The van der Waals surface area contributed by atoms with Crippen molar-refractivity contribution in [3.8, 4) is 11.5 Å². The van der Waals surface area contributed by atoms with E-state index in [0.717, 1.165) is 46.5 Å². The van der Waals surface area contributed by atoms with Crippen LogP contribution in [0.15, 0.2) is 59.1 Å². The summed E-state index contributed by atoms with van der Waals surface area (Å²) < 4.78 is 13.5. The van der Waals surface area contributed by atoms with Gasteiger partial charge in [-0.05, 0) is 73.2 Å². The van der Waals surface area contributed by atoms with Gasteiger partial charge in [-0.25, -0.2) is 0 Å². The van der Waals surface area contributed by atoms with Crippen LogP contribution >= 0.6 is 15.9 Å². The Morgan fingerprint density at radius 1 is 1.19 bits per heavy atom. The highest BCUT2D eigenvalue weighted by molar-refractivity contribution is 9.10. The maximum atomic E-state index is 14.5. The molecule has 1 aliphatic heterocycles. The molecule has 3 aromatic carbocycles. The van der Waals surface area contributed by atoms with E-state index >= 15 is 0 Å². The quantitative estimate of drug-likeness (QED) is 0.377. The fraction of sp³-hybridized carbons (Fsp3) is 0.400. The molecular weight excluding hydrogens is 532 g/mol. The lowest BCUT2D eigenvalue weighted by Gasteiger charge is -2.36. The maximum Gasteiger partial charge on any atom is 0.254 e. The number of halogens is 1. The van der Waals surface area contributed by atoms with Crippen LogP contribution in [0, 0.1) is 5.92 Å². The Balaban J connectivity index is 1.64. The summed E-state index contributed by atoms with van der Waals surface area (Å²) in [6.07, 6.45) is 4.05. The Bertz CT molecular complexity index is 1330. The van der Waals surface area contributed by atoms with Gasteiger partial charge in [0.2, 0.25) is 5.91 Å². The Morgan fingerprint density at radius 2 is 1.95 bits per heavy atom. The van der Waals surface area contributed by atoms with Crippen LogP contribution in [0.4, 0.5) is 5.69 Å². The molecule has 37 heavy (non-hydrogen) atoms. The molecule has 1 saturated carbocycles. The van der Waals surface area contributed by atoms with Gasteiger partial charge in [-0.1, -0.05) is 54.0 Å². The highest BCUT2D eigenvalue weighted by Gasteiger charge is 2.52. The zero-order valence-corrected chi connectivity index (χ0v) is 23.1. The molecule has 1 aliphatic carbocycles. The van der Waals surface area contributed by atoms with Crippen LogP contribution in [0.5, 0.6) is 11.5 Å². The average molecular weight is 566 g/mol. The van der Waals surface area contributed by atoms with E-state index in [4.69, 9.17) is 9.47 Å². The minimum absolute atomic E-state index is 0.116. The number of anilines is 1. The largest absolute Gasteiger partial charge is 0.496 e. The molecule has 0 unspecified atom stereocenters. The number of benzene rings is 3. The van der Waals surface area contributed by atoms with Crippen LogP contribution in [0.2, 0.25) is 0 Å². The molecular formula is C30H33BrN2O4. The second-order valence-corrected chi connectivity index (χ2v) is 11.0. The minimum Gasteiger partial charge on any atom is -0.496 e. The number of carbonyl (C=O) groups excluding carboxylic acids is 2. The smallest absolute Gasteiger partial charge is 0.254 e. The van der Waals surface area contributed by atoms with Gasteiger partial charge in [-0.2, -0.15) is 0 Å². The normalized spacial score (nSPS) is 19.3. The molecule has 1 heterocycles. The molecule has 194 valence electrons. The Hall–Kier alpha value is -3.06. The van der Waals surface area contributed by atoms with Crippen molar-refractivity contribution in [3.05, 3.63) is 64.6 Å². The molecule has 2 amide bonds.